The third-order valence-electron chi connectivity index (χ3n) is 3.42. The van der Waals surface area contributed by atoms with Crippen LogP contribution >= 0.6 is 11.6 Å². The number of carbonyl (C=O) groups excluding carboxylic acids is 1. The summed E-state index contributed by atoms with van der Waals surface area (Å²) < 4.78 is 10.4. The van der Waals surface area contributed by atoms with E-state index in [1.54, 1.807) is 12.1 Å². The molecule has 1 aliphatic carbocycles. The molecular formula is C13H15ClN2O3. The number of amides is 1. The highest BCUT2D eigenvalue weighted by Gasteiger charge is 2.28. The minimum absolute atomic E-state index is 0.0356. The van der Waals surface area contributed by atoms with Crippen molar-refractivity contribution in [3.8, 4) is 11.5 Å². The van der Waals surface area contributed by atoms with Crippen molar-refractivity contribution in [3.63, 3.8) is 0 Å². The Labute approximate surface area is 116 Å². The van der Waals surface area contributed by atoms with Gasteiger partial charge in [-0.05, 0) is 30.9 Å². The van der Waals surface area contributed by atoms with E-state index < -0.39 is 0 Å². The molecular weight excluding hydrogens is 268 g/mol. The monoisotopic (exact) mass is 282 g/mol. The van der Waals surface area contributed by atoms with Crippen LogP contribution < -0.4 is 20.5 Å². The summed E-state index contributed by atoms with van der Waals surface area (Å²) in [6.07, 6.45) is 2.32. The second-order valence-corrected chi connectivity index (χ2v) is 5.31. The first-order valence-electron chi connectivity index (χ1n) is 6.28. The summed E-state index contributed by atoms with van der Waals surface area (Å²) in [6.45, 7) is 0.613. The van der Waals surface area contributed by atoms with Crippen LogP contribution in [0.5, 0.6) is 11.5 Å². The van der Waals surface area contributed by atoms with E-state index in [4.69, 9.17) is 26.8 Å². The molecule has 1 saturated carbocycles. The van der Waals surface area contributed by atoms with Gasteiger partial charge in [-0.1, -0.05) is 11.6 Å². The van der Waals surface area contributed by atoms with Crippen LogP contribution in [0.15, 0.2) is 12.1 Å². The maximum atomic E-state index is 12.0. The molecule has 1 fully saturated rings. The van der Waals surface area contributed by atoms with Crippen molar-refractivity contribution in [1.29, 1.82) is 0 Å². The third-order valence-corrected chi connectivity index (χ3v) is 3.70. The second-order valence-electron chi connectivity index (χ2n) is 4.90. The highest BCUT2D eigenvalue weighted by atomic mass is 35.5. The minimum Gasteiger partial charge on any atom is -0.454 e. The molecule has 1 amide bonds. The molecule has 1 heterocycles. The lowest BCUT2D eigenvalue weighted by molar-refractivity contribution is 0.0950. The van der Waals surface area contributed by atoms with E-state index in [1.807, 2.05) is 0 Å². The second kappa shape index (κ2) is 4.90. The van der Waals surface area contributed by atoms with Crippen LogP contribution in [0.4, 0.5) is 0 Å². The lowest BCUT2D eigenvalue weighted by Crippen LogP contribution is -2.38. The lowest BCUT2D eigenvalue weighted by Gasteiger charge is -2.12. The first-order chi connectivity index (χ1) is 9.15. The number of nitrogens with one attached hydrogen (secondary N) is 1. The summed E-state index contributed by atoms with van der Waals surface area (Å²) >= 11 is 6.03. The molecule has 1 unspecified atom stereocenters. The van der Waals surface area contributed by atoms with E-state index in [0.717, 1.165) is 12.8 Å². The molecule has 1 aliphatic heterocycles. The van der Waals surface area contributed by atoms with Gasteiger partial charge in [0.25, 0.3) is 5.91 Å². The van der Waals surface area contributed by atoms with Crippen LogP contribution in [-0.2, 0) is 0 Å². The van der Waals surface area contributed by atoms with E-state index in [1.165, 1.54) is 0 Å². The van der Waals surface area contributed by atoms with Crippen molar-refractivity contribution < 1.29 is 14.3 Å². The van der Waals surface area contributed by atoms with Gasteiger partial charge in [-0.25, -0.2) is 0 Å². The maximum Gasteiger partial charge on any atom is 0.251 e. The molecule has 1 aromatic rings. The first kappa shape index (κ1) is 12.6. The zero-order valence-electron chi connectivity index (χ0n) is 10.3. The number of halogens is 1. The Morgan fingerprint density at radius 3 is 3.00 bits per heavy atom. The molecule has 3 rings (SSSR count). The predicted octanol–water partition coefficient (Wildman–Crippen LogP) is 1.54. The van der Waals surface area contributed by atoms with Gasteiger partial charge in [0.15, 0.2) is 11.5 Å². The van der Waals surface area contributed by atoms with E-state index in [2.05, 4.69) is 5.32 Å². The number of fused-ring (bicyclic) bond motifs is 1. The SMILES string of the molecule is NC(CNC(=O)c1cc(Cl)c2c(c1)OCO2)C1CC1. The molecule has 0 saturated heterocycles. The lowest BCUT2D eigenvalue weighted by atomic mass is 10.1. The van der Waals surface area contributed by atoms with Crippen LogP contribution in [0.2, 0.25) is 5.02 Å². The van der Waals surface area contributed by atoms with Gasteiger partial charge in [-0.3, -0.25) is 4.79 Å². The van der Waals surface area contributed by atoms with Gasteiger partial charge in [-0.2, -0.15) is 0 Å². The van der Waals surface area contributed by atoms with Crippen molar-refractivity contribution in [2.45, 2.75) is 18.9 Å². The average molecular weight is 283 g/mol. The van der Waals surface area contributed by atoms with Crippen molar-refractivity contribution in [2.75, 3.05) is 13.3 Å². The van der Waals surface area contributed by atoms with Gasteiger partial charge in [0.05, 0.1) is 5.02 Å². The molecule has 0 aromatic heterocycles. The fourth-order valence-corrected chi connectivity index (χ4v) is 2.37. The molecule has 6 heteroatoms. The fraction of sp³-hybridized carbons (Fsp3) is 0.462. The zero-order valence-corrected chi connectivity index (χ0v) is 11.1. The molecule has 0 spiro atoms. The highest BCUT2D eigenvalue weighted by molar-refractivity contribution is 6.32. The van der Waals surface area contributed by atoms with Gasteiger partial charge in [0, 0.05) is 18.2 Å². The largest absolute Gasteiger partial charge is 0.454 e. The minimum atomic E-state index is -0.198. The molecule has 5 nitrogen and oxygen atoms in total. The maximum absolute atomic E-state index is 12.0. The van der Waals surface area contributed by atoms with Gasteiger partial charge in [0.2, 0.25) is 6.79 Å². The molecule has 19 heavy (non-hydrogen) atoms. The zero-order chi connectivity index (χ0) is 13.4. The molecule has 1 atom stereocenters. The predicted molar refractivity (Wildman–Crippen MR) is 70.6 cm³/mol. The molecule has 0 bridgehead atoms. The Morgan fingerprint density at radius 2 is 2.26 bits per heavy atom. The number of nitrogens with two attached hydrogens (primary N) is 1. The quantitative estimate of drug-likeness (QED) is 0.878. The average Bonchev–Trinajstić information content (AvgIpc) is 3.14. The fourth-order valence-electron chi connectivity index (χ4n) is 2.10. The highest BCUT2D eigenvalue weighted by Crippen LogP contribution is 2.39. The van der Waals surface area contributed by atoms with E-state index in [9.17, 15) is 4.79 Å². The van der Waals surface area contributed by atoms with Gasteiger partial charge >= 0.3 is 0 Å². The van der Waals surface area contributed by atoms with Crippen molar-refractivity contribution in [3.05, 3.63) is 22.7 Å². The Kier molecular flexibility index (Phi) is 3.24. The summed E-state index contributed by atoms with van der Waals surface area (Å²) in [4.78, 5) is 12.0. The van der Waals surface area contributed by atoms with Gasteiger partial charge in [-0.15, -0.1) is 0 Å². The summed E-state index contributed by atoms with van der Waals surface area (Å²) in [5.41, 5.74) is 6.40. The normalized spacial score (nSPS) is 18.2. The molecule has 2 aliphatic rings. The Morgan fingerprint density at radius 1 is 1.47 bits per heavy atom. The number of hydrogen-bond donors (Lipinski definition) is 2. The summed E-state index contributed by atoms with van der Waals surface area (Å²) in [5, 5.41) is 3.20. The Hall–Kier alpha value is -1.46. The van der Waals surface area contributed by atoms with Gasteiger partial charge < -0.3 is 20.5 Å². The van der Waals surface area contributed by atoms with Crippen LogP contribution in [-0.4, -0.2) is 25.3 Å². The van der Waals surface area contributed by atoms with Crippen LogP contribution in [0.3, 0.4) is 0 Å². The first-order valence-corrected chi connectivity index (χ1v) is 6.66. The van der Waals surface area contributed by atoms with Crippen LogP contribution in [0.25, 0.3) is 0 Å². The van der Waals surface area contributed by atoms with E-state index in [0.29, 0.717) is 34.5 Å². The smallest absolute Gasteiger partial charge is 0.251 e. The van der Waals surface area contributed by atoms with Crippen LogP contribution in [0, 0.1) is 5.92 Å². The molecule has 1 aromatic carbocycles. The summed E-state index contributed by atoms with van der Waals surface area (Å²) in [6, 6.07) is 3.24. The molecule has 102 valence electrons. The third kappa shape index (κ3) is 2.62. The molecule has 0 radical (unpaired) electrons. The number of benzene rings is 1. The Bertz CT molecular complexity index is 517. The number of ether oxygens (including phenoxy) is 2. The van der Waals surface area contributed by atoms with E-state index in [-0.39, 0.29) is 18.7 Å². The van der Waals surface area contributed by atoms with Crippen molar-refractivity contribution in [2.24, 2.45) is 11.7 Å². The van der Waals surface area contributed by atoms with Crippen molar-refractivity contribution in [1.82, 2.24) is 5.32 Å². The summed E-state index contributed by atoms with van der Waals surface area (Å²) in [5.74, 6) is 1.36. The topological polar surface area (TPSA) is 73.6 Å². The standard InChI is InChI=1S/C13H15ClN2O3/c14-9-3-8(4-11-12(9)19-6-18-11)13(17)16-5-10(15)7-1-2-7/h3-4,7,10H,1-2,5-6,15H2,(H,16,17). The van der Waals surface area contributed by atoms with Gasteiger partial charge in [0.1, 0.15) is 0 Å². The Balaban J connectivity index is 1.67. The molecule has 3 N–H and O–H groups in total. The van der Waals surface area contributed by atoms with Crippen LogP contribution in [0.1, 0.15) is 23.2 Å². The number of carbonyl (C=O) groups is 1. The van der Waals surface area contributed by atoms with E-state index >= 15 is 0 Å². The number of hydrogen-bond acceptors (Lipinski definition) is 4. The van der Waals surface area contributed by atoms with Crippen molar-refractivity contribution >= 4 is 17.5 Å². The summed E-state index contributed by atoms with van der Waals surface area (Å²) in [7, 11) is 0. The number of rotatable bonds is 4.